The molecule has 0 bridgehead atoms. The first-order chi connectivity index (χ1) is 9.20. The van der Waals surface area contributed by atoms with Gasteiger partial charge in [-0.3, -0.25) is 0 Å². The van der Waals surface area contributed by atoms with Gasteiger partial charge in [0.15, 0.2) is 0 Å². The molecule has 2 aromatic rings. The van der Waals surface area contributed by atoms with Crippen molar-refractivity contribution in [1.82, 2.24) is 10.3 Å². The molecule has 0 atom stereocenters. The molecule has 102 valence electrons. The summed E-state index contributed by atoms with van der Waals surface area (Å²) in [6, 6.07) is 6.28. The molecular weight excluding hydrogens is 240 g/mol. The Morgan fingerprint density at radius 1 is 1.32 bits per heavy atom. The number of nitrogens with one attached hydrogen (secondary N) is 1. The van der Waals surface area contributed by atoms with Crippen LogP contribution in [0.25, 0.3) is 11.5 Å². The molecule has 19 heavy (non-hydrogen) atoms. The molecule has 0 amide bonds. The Kier molecular flexibility index (Phi) is 4.71. The SMILES string of the molecule is COCCNCc1coc(-c2cc(C)ccc2C)n1. The summed E-state index contributed by atoms with van der Waals surface area (Å²) in [6.45, 7) is 6.33. The molecule has 0 aliphatic rings. The minimum Gasteiger partial charge on any atom is -0.444 e. The molecule has 4 nitrogen and oxygen atoms in total. The van der Waals surface area contributed by atoms with Crippen LogP contribution in [0.4, 0.5) is 0 Å². The van der Waals surface area contributed by atoms with E-state index in [0.29, 0.717) is 19.0 Å². The highest BCUT2D eigenvalue weighted by molar-refractivity contribution is 5.59. The number of aryl methyl sites for hydroxylation is 2. The number of benzene rings is 1. The van der Waals surface area contributed by atoms with Crippen molar-refractivity contribution in [2.75, 3.05) is 20.3 Å². The van der Waals surface area contributed by atoms with E-state index in [2.05, 4.69) is 42.3 Å². The Morgan fingerprint density at radius 3 is 2.95 bits per heavy atom. The molecule has 0 fully saturated rings. The molecule has 0 saturated carbocycles. The third-order valence-electron chi connectivity index (χ3n) is 2.96. The van der Waals surface area contributed by atoms with Crippen LogP contribution in [0.15, 0.2) is 28.9 Å². The van der Waals surface area contributed by atoms with Crippen molar-refractivity contribution in [3.8, 4) is 11.5 Å². The summed E-state index contributed by atoms with van der Waals surface area (Å²) in [7, 11) is 1.69. The van der Waals surface area contributed by atoms with Gasteiger partial charge in [-0.05, 0) is 25.5 Å². The highest BCUT2D eigenvalue weighted by Gasteiger charge is 2.09. The molecule has 1 aromatic carbocycles. The van der Waals surface area contributed by atoms with Crippen LogP contribution in [0.2, 0.25) is 0 Å². The fourth-order valence-corrected chi connectivity index (χ4v) is 1.87. The second-order valence-electron chi connectivity index (χ2n) is 4.63. The lowest BCUT2D eigenvalue weighted by molar-refractivity contribution is 0.199. The number of hydrogen-bond donors (Lipinski definition) is 1. The van der Waals surface area contributed by atoms with Gasteiger partial charge in [-0.15, -0.1) is 0 Å². The molecule has 4 heteroatoms. The maximum Gasteiger partial charge on any atom is 0.226 e. The zero-order valence-corrected chi connectivity index (χ0v) is 11.7. The first kappa shape index (κ1) is 13.8. The van der Waals surface area contributed by atoms with Crippen molar-refractivity contribution in [3.05, 3.63) is 41.3 Å². The van der Waals surface area contributed by atoms with E-state index in [0.717, 1.165) is 17.8 Å². The van der Waals surface area contributed by atoms with Gasteiger partial charge in [-0.25, -0.2) is 4.98 Å². The normalized spacial score (nSPS) is 10.9. The Hall–Kier alpha value is -1.65. The van der Waals surface area contributed by atoms with Gasteiger partial charge < -0.3 is 14.5 Å². The second-order valence-corrected chi connectivity index (χ2v) is 4.63. The minimum atomic E-state index is 0.685. The Bertz CT molecular complexity index is 535. The van der Waals surface area contributed by atoms with E-state index in [1.807, 2.05) is 0 Å². The summed E-state index contributed by atoms with van der Waals surface area (Å²) in [5.41, 5.74) is 4.35. The monoisotopic (exact) mass is 260 g/mol. The van der Waals surface area contributed by atoms with Crippen LogP contribution in [0.5, 0.6) is 0 Å². The van der Waals surface area contributed by atoms with Crippen LogP contribution in [0.3, 0.4) is 0 Å². The average Bonchev–Trinajstić information content (AvgIpc) is 2.86. The van der Waals surface area contributed by atoms with Gasteiger partial charge in [0.05, 0.1) is 12.3 Å². The topological polar surface area (TPSA) is 47.3 Å². The van der Waals surface area contributed by atoms with Gasteiger partial charge in [0.25, 0.3) is 0 Å². The van der Waals surface area contributed by atoms with E-state index >= 15 is 0 Å². The second kappa shape index (κ2) is 6.50. The maximum absolute atomic E-state index is 5.56. The quantitative estimate of drug-likeness (QED) is 0.811. The number of methoxy groups -OCH3 is 1. The number of oxazole rings is 1. The number of hydrogen-bond acceptors (Lipinski definition) is 4. The Labute approximate surface area is 113 Å². The van der Waals surface area contributed by atoms with Crippen LogP contribution in [-0.4, -0.2) is 25.2 Å². The third-order valence-corrected chi connectivity index (χ3v) is 2.96. The van der Waals surface area contributed by atoms with Crippen molar-refractivity contribution in [1.29, 1.82) is 0 Å². The lowest BCUT2D eigenvalue weighted by atomic mass is 10.1. The van der Waals surface area contributed by atoms with Crippen LogP contribution < -0.4 is 5.32 Å². The summed E-state index contributed by atoms with van der Waals surface area (Å²) in [4.78, 5) is 4.51. The summed E-state index contributed by atoms with van der Waals surface area (Å²) in [5.74, 6) is 0.685. The molecule has 0 saturated heterocycles. The predicted octanol–water partition coefficient (Wildman–Crippen LogP) is 2.69. The fraction of sp³-hybridized carbons (Fsp3) is 0.400. The van der Waals surface area contributed by atoms with Crippen molar-refractivity contribution in [2.45, 2.75) is 20.4 Å². The molecule has 0 unspecified atom stereocenters. The van der Waals surface area contributed by atoms with Crippen LogP contribution in [0.1, 0.15) is 16.8 Å². The molecule has 2 rings (SSSR count). The molecule has 0 radical (unpaired) electrons. The first-order valence-electron chi connectivity index (χ1n) is 6.42. The molecule has 0 aliphatic heterocycles. The third kappa shape index (κ3) is 3.66. The van der Waals surface area contributed by atoms with Gasteiger partial charge in [-0.2, -0.15) is 0 Å². The number of ether oxygens (including phenoxy) is 1. The largest absolute Gasteiger partial charge is 0.444 e. The molecule has 0 aliphatic carbocycles. The molecule has 1 heterocycles. The zero-order valence-electron chi connectivity index (χ0n) is 11.7. The van der Waals surface area contributed by atoms with E-state index in [1.54, 1.807) is 13.4 Å². The van der Waals surface area contributed by atoms with Gasteiger partial charge in [0.2, 0.25) is 5.89 Å². The summed E-state index contributed by atoms with van der Waals surface area (Å²) in [6.07, 6.45) is 1.71. The van der Waals surface area contributed by atoms with E-state index < -0.39 is 0 Å². The fourth-order valence-electron chi connectivity index (χ4n) is 1.87. The smallest absolute Gasteiger partial charge is 0.226 e. The van der Waals surface area contributed by atoms with Gasteiger partial charge in [-0.1, -0.05) is 17.7 Å². The number of aromatic nitrogens is 1. The van der Waals surface area contributed by atoms with Gasteiger partial charge in [0.1, 0.15) is 6.26 Å². The van der Waals surface area contributed by atoms with E-state index in [1.165, 1.54) is 11.1 Å². The molecular formula is C15H20N2O2. The summed E-state index contributed by atoms with van der Waals surface area (Å²) >= 11 is 0. The Balaban J connectivity index is 2.06. The molecule has 0 spiro atoms. The van der Waals surface area contributed by atoms with Crippen LogP contribution >= 0.6 is 0 Å². The molecule has 1 N–H and O–H groups in total. The van der Waals surface area contributed by atoms with Crippen molar-refractivity contribution >= 4 is 0 Å². The maximum atomic E-state index is 5.56. The summed E-state index contributed by atoms with van der Waals surface area (Å²) in [5, 5.41) is 3.25. The lowest BCUT2D eigenvalue weighted by Crippen LogP contribution is -2.18. The van der Waals surface area contributed by atoms with E-state index in [-0.39, 0.29) is 0 Å². The number of rotatable bonds is 6. The average molecular weight is 260 g/mol. The number of nitrogens with zero attached hydrogens (tertiary/aromatic N) is 1. The van der Waals surface area contributed by atoms with Crippen LogP contribution in [-0.2, 0) is 11.3 Å². The van der Waals surface area contributed by atoms with Crippen molar-refractivity contribution in [3.63, 3.8) is 0 Å². The highest BCUT2D eigenvalue weighted by atomic mass is 16.5. The van der Waals surface area contributed by atoms with Gasteiger partial charge in [0, 0.05) is 25.8 Å². The van der Waals surface area contributed by atoms with Crippen molar-refractivity contribution in [2.24, 2.45) is 0 Å². The van der Waals surface area contributed by atoms with E-state index in [4.69, 9.17) is 9.15 Å². The molecule has 1 aromatic heterocycles. The zero-order chi connectivity index (χ0) is 13.7. The van der Waals surface area contributed by atoms with Gasteiger partial charge >= 0.3 is 0 Å². The lowest BCUT2D eigenvalue weighted by Gasteiger charge is -2.02. The van der Waals surface area contributed by atoms with E-state index in [9.17, 15) is 0 Å². The highest BCUT2D eigenvalue weighted by Crippen LogP contribution is 2.23. The van der Waals surface area contributed by atoms with Crippen LogP contribution in [0, 0.1) is 13.8 Å². The summed E-state index contributed by atoms with van der Waals surface area (Å²) < 4.78 is 10.5. The van der Waals surface area contributed by atoms with Crippen molar-refractivity contribution < 1.29 is 9.15 Å². The predicted molar refractivity (Wildman–Crippen MR) is 75.0 cm³/mol. The minimum absolute atomic E-state index is 0.685. The Morgan fingerprint density at radius 2 is 2.16 bits per heavy atom. The first-order valence-corrected chi connectivity index (χ1v) is 6.42. The standard InChI is InChI=1S/C15H20N2O2/c1-11-4-5-12(2)14(8-11)15-17-13(10-19-15)9-16-6-7-18-3/h4-5,8,10,16H,6-7,9H2,1-3H3.